The number of likely N-dealkylation sites (tertiary alicyclic amines) is 1. The summed E-state index contributed by atoms with van der Waals surface area (Å²) in [5.41, 5.74) is 1.53. The average Bonchev–Trinajstić information content (AvgIpc) is 3.04. The molecule has 1 saturated heterocycles. The van der Waals surface area contributed by atoms with Crippen LogP contribution in [0.4, 0.5) is 0 Å². The predicted molar refractivity (Wildman–Crippen MR) is 124 cm³/mol. The molecule has 1 aromatic heterocycles. The number of hydrogen-bond acceptors (Lipinski definition) is 6. The normalized spacial score (nSPS) is 17.9. The van der Waals surface area contributed by atoms with Crippen LogP contribution >= 0.6 is 11.6 Å². The highest BCUT2D eigenvalue weighted by molar-refractivity contribution is 6.46. The van der Waals surface area contributed by atoms with Crippen molar-refractivity contribution in [2.24, 2.45) is 0 Å². The van der Waals surface area contributed by atoms with E-state index in [2.05, 4.69) is 9.88 Å². The fraction of sp³-hybridized carbons (Fsp3) is 0.375. The average molecular weight is 458 g/mol. The Kier molecular flexibility index (Phi) is 7.53. The van der Waals surface area contributed by atoms with E-state index < -0.39 is 17.7 Å². The van der Waals surface area contributed by atoms with Gasteiger partial charge < -0.3 is 19.6 Å². The van der Waals surface area contributed by atoms with E-state index in [9.17, 15) is 14.7 Å². The van der Waals surface area contributed by atoms with E-state index in [0.29, 0.717) is 23.8 Å². The summed E-state index contributed by atoms with van der Waals surface area (Å²) >= 11 is 6.31. The Morgan fingerprint density at radius 2 is 1.97 bits per heavy atom. The number of aliphatic hydroxyl groups is 1. The zero-order valence-corrected chi connectivity index (χ0v) is 19.5. The lowest BCUT2D eigenvalue weighted by Gasteiger charge is -2.27. The number of nitrogens with zero attached hydrogens (tertiary/aromatic N) is 3. The van der Waals surface area contributed by atoms with E-state index in [4.69, 9.17) is 16.3 Å². The molecular weight excluding hydrogens is 430 g/mol. The summed E-state index contributed by atoms with van der Waals surface area (Å²) in [6.07, 6.45) is 1.60. The second kappa shape index (κ2) is 10.1. The fourth-order valence-electron chi connectivity index (χ4n) is 4.00. The lowest BCUT2D eigenvalue weighted by Crippen LogP contribution is -2.38. The molecule has 2 aromatic rings. The molecule has 1 unspecified atom stereocenters. The van der Waals surface area contributed by atoms with Gasteiger partial charge in [-0.25, -0.2) is 0 Å². The van der Waals surface area contributed by atoms with Crippen molar-refractivity contribution in [3.05, 3.63) is 63.9 Å². The highest BCUT2D eigenvalue weighted by Crippen LogP contribution is 2.42. The molecular formula is C24H28ClN3O4. The lowest BCUT2D eigenvalue weighted by atomic mass is 9.97. The number of aryl methyl sites for hydroxylation is 1. The Balaban J connectivity index is 2.17. The monoisotopic (exact) mass is 457 g/mol. The number of pyridine rings is 1. The number of ketones is 1. The van der Waals surface area contributed by atoms with Crippen molar-refractivity contribution in [1.29, 1.82) is 0 Å². The molecule has 2 heterocycles. The summed E-state index contributed by atoms with van der Waals surface area (Å²) in [5, 5.41) is 11.6. The number of carbonyl (C=O) groups is 2. The number of halogens is 1. The zero-order valence-electron chi connectivity index (χ0n) is 18.8. The van der Waals surface area contributed by atoms with Gasteiger partial charge in [0, 0.05) is 19.3 Å². The zero-order chi connectivity index (χ0) is 23.4. The fourth-order valence-corrected chi connectivity index (χ4v) is 4.35. The van der Waals surface area contributed by atoms with Gasteiger partial charge in [0.1, 0.15) is 17.6 Å². The molecule has 1 aromatic carbocycles. The molecule has 170 valence electrons. The van der Waals surface area contributed by atoms with E-state index in [-0.39, 0.29) is 22.6 Å². The molecule has 8 heteroatoms. The minimum absolute atomic E-state index is 0.0202. The van der Waals surface area contributed by atoms with Crippen LogP contribution in [-0.4, -0.2) is 64.9 Å². The molecule has 0 saturated carbocycles. The van der Waals surface area contributed by atoms with Crippen LogP contribution in [0.2, 0.25) is 5.02 Å². The summed E-state index contributed by atoms with van der Waals surface area (Å²) in [6.45, 7) is 8.49. The maximum atomic E-state index is 13.1. The van der Waals surface area contributed by atoms with Crippen LogP contribution < -0.4 is 4.74 Å². The Labute approximate surface area is 193 Å². The first-order valence-corrected chi connectivity index (χ1v) is 11.0. The number of aliphatic hydroxyl groups excluding tert-OH is 1. The maximum absolute atomic E-state index is 13.1. The smallest absolute Gasteiger partial charge is 0.295 e. The van der Waals surface area contributed by atoms with Crippen LogP contribution in [0.3, 0.4) is 0 Å². The quantitative estimate of drug-likeness (QED) is 0.368. The van der Waals surface area contributed by atoms with Gasteiger partial charge in [-0.05, 0) is 49.8 Å². The van der Waals surface area contributed by atoms with Crippen LogP contribution in [0, 0.1) is 6.92 Å². The van der Waals surface area contributed by atoms with Crippen molar-refractivity contribution in [3.63, 3.8) is 0 Å². The Morgan fingerprint density at radius 3 is 2.56 bits per heavy atom. The van der Waals surface area contributed by atoms with Crippen LogP contribution in [0.1, 0.15) is 36.7 Å². The minimum Gasteiger partial charge on any atom is -0.507 e. The van der Waals surface area contributed by atoms with Gasteiger partial charge in [0.05, 0.1) is 29.0 Å². The first-order valence-electron chi connectivity index (χ1n) is 10.6. The van der Waals surface area contributed by atoms with Crippen LogP contribution in [0.15, 0.2) is 42.1 Å². The van der Waals surface area contributed by atoms with Gasteiger partial charge in [-0.15, -0.1) is 0 Å². The second-order valence-corrected chi connectivity index (χ2v) is 8.01. The SMILES string of the molecule is CCN(CC)CCN1C(=O)C(=O)/C(=C(/O)c2cc(C)cc(Cl)c2OC)C1c1ccccn1. The lowest BCUT2D eigenvalue weighted by molar-refractivity contribution is -0.140. The standard InChI is InChI=1S/C24H28ClN3O4/c1-5-27(6-2)11-12-28-20(18-9-7-8-10-26-18)19(22(30)24(28)31)21(29)16-13-15(3)14-17(25)23(16)32-4/h7-10,13-14,20,29H,5-6,11-12H2,1-4H3/b21-19+. The third kappa shape index (κ3) is 4.49. The number of carbonyl (C=O) groups excluding carboxylic acids is 2. The molecule has 0 spiro atoms. The molecule has 0 bridgehead atoms. The first-order chi connectivity index (χ1) is 15.3. The van der Waals surface area contributed by atoms with Crippen LogP contribution in [0.25, 0.3) is 5.76 Å². The van der Waals surface area contributed by atoms with Crippen molar-refractivity contribution in [3.8, 4) is 5.75 Å². The molecule has 1 aliphatic heterocycles. The molecule has 3 rings (SSSR count). The number of likely N-dealkylation sites (N-methyl/N-ethyl adjacent to an activating group) is 1. The summed E-state index contributed by atoms with van der Waals surface area (Å²) < 4.78 is 5.39. The molecule has 0 radical (unpaired) electrons. The molecule has 7 nitrogen and oxygen atoms in total. The Hall–Kier alpha value is -2.90. The van der Waals surface area contributed by atoms with E-state index in [1.807, 2.05) is 20.8 Å². The number of methoxy groups -OCH3 is 1. The van der Waals surface area contributed by atoms with Gasteiger partial charge in [-0.1, -0.05) is 31.5 Å². The molecule has 0 aliphatic carbocycles. The number of hydrogen-bond donors (Lipinski definition) is 1. The topological polar surface area (TPSA) is 83.0 Å². The third-order valence-corrected chi connectivity index (χ3v) is 5.99. The Morgan fingerprint density at radius 1 is 1.25 bits per heavy atom. The largest absolute Gasteiger partial charge is 0.507 e. The summed E-state index contributed by atoms with van der Waals surface area (Å²) in [4.78, 5) is 34.2. The number of amides is 1. The first kappa shape index (κ1) is 23.8. The molecule has 1 N–H and O–H groups in total. The highest BCUT2D eigenvalue weighted by atomic mass is 35.5. The number of Topliss-reactive ketones (excluding diaryl/α,β-unsaturated/α-hetero) is 1. The van der Waals surface area contributed by atoms with Crippen molar-refractivity contribution >= 4 is 29.1 Å². The van der Waals surface area contributed by atoms with Gasteiger partial charge in [-0.3, -0.25) is 14.6 Å². The van der Waals surface area contributed by atoms with Gasteiger partial charge in [-0.2, -0.15) is 0 Å². The van der Waals surface area contributed by atoms with Crippen molar-refractivity contribution < 1.29 is 19.4 Å². The van der Waals surface area contributed by atoms with Crippen molar-refractivity contribution in [2.45, 2.75) is 26.8 Å². The van der Waals surface area contributed by atoms with E-state index in [1.54, 1.807) is 36.5 Å². The van der Waals surface area contributed by atoms with Crippen LogP contribution in [0.5, 0.6) is 5.75 Å². The van der Waals surface area contributed by atoms with E-state index >= 15 is 0 Å². The molecule has 1 amide bonds. The number of aromatic nitrogens is 1. The summed E-state index contributed by atoms with van der Waals surface area (Å²) in [6, 6.07) is 7.87. The number of ether oxygens (including phenoxy) is 1. The van der Waals surface area contributed by atoms with Gasteiger partial charge >= 0.3 is 0 Å². The minimum atomic E-state index is -0.809. The van der Waals surface area contributed by atoms with Crippen LogP contribution in [-0.2, 0) is 9.59 Å². The molecule has 1 fully saturated rings. The molecule has 1 atom stereocenters. The van der Waals surface area contributed by atoms with E-state index in [0.717, 1.165) is 18.7 Å². The number of rotatable bonds is 8. The predicted octanol–water partition coefficient (Wildman–Crippen LogP) is 3.82. The Bertz CT molecular complexity index is 1040. The summed E-state index contributed by atoms with van der Waals surface area (Å²) in [7, 11) is 1.44. The maximum Gasteiger partial charge on any atom is 0.295 e. The van der Waals surface area contributed by atoms with Gasteiger partial charge in [0.25, 0.3) is 11.7 Å². The van der Waals surface area contributed by atoms with Crippen molar-refractivity contribution in [2.75, 3.05) is 33.3 Å². The summed E-state index contributed by atoms with van der Waals surface area (Å²) in [5.74, 6) is -1.50. The number of benzene rings is 1. The third-order valence-electron chi connectivity index (χ3n) is 5.71. The van der Waals surface area contributed by atoms with E-state index in [1.165, 1.54) is 12.0 Å². The molecule has 32 heavy (non-hydrogen) atoms. The van der Waals surface area contributed by atoms with Gasteiger partial charge in [0.15, 0.2) is 0 Å². The van der Waals surface area contributed by atoms with Gasteiger partial charge in [0.2, 0.25) is 0 Å². The van der Waals surface area contributed by atoms with Crippen molar-refractivity contribution in [1.82, 2.24) is 14.8 Å². The second-order valence-electron chi connectivity index (χ2n) is 7.60. The highest BCUT2D eigenvalue weighted by Gasteiger charge is 2.47. The molecule has 1 aliphatic rings.